The summed E-state index contributed by atoms with van der Waals surface area (Å²) in [6.07, 6.45) is 5.13. The molecule has 11 nitrogen and oxygen atoms in total. The van der Waals surface area contributed by atoms with Crippen LogP contribution < -0.4 is 10.6 Å². The molecule has 1 aliphatic carbocycles. The third-order valence-corrected chi connectivity index (χ3v) is 11.6. The number of carbonyl (C=O) groups is 3. The second kappa shape index (κ2) is 14.3. The summed E-state index contributed by atoms with van der Waals surface area (Å²) in [5.74, 6) is -0.492. The smallest absolute Gasteiger partial charge is 0.306 e. The molecule has 12 heteroatoms. The highest BCUT2D eigenvalue weighted by atomic mass is 35.5. The van der Waals surface area contributed by atoms with Gasteiger partial charge in [0.1, 0.15) is 5.69 Å². The lowest BCUT2D eigenvalue weighted by molar-refractivity contribution is -0.143. The van der Waals surface area contributed by atoms with Crippen LogP contribution >= 0.6 is 11.6 Å². The molecule has 0 radical (unpaired) electrons. The second-order valence-electron chi connectivity index (χ2n) is 14.5. The molecule has 2 aromatic heterocycles. The van der Waals surface area contributed by atoms with Crippen molar-refractivity contribution in [2.45, 2.75) is 58.5 Å². The predicted octanol–water partition coefficient (Wildman–Crippen LogP) is 6.13. The standard InChI is InChI=1S/C39H46ClN7O4/c1-23-27(28-8-6-10-30(35(28)40)43-38(49)36-41-31-22-44(2)17-15-33(31)46(36)4)7-5-9-29(23)42-37(48)34-19-26-21-47(18-16-32(26)45(34)3)20-24-11-13-25(14-12-24)39(50)51/h5-10,19,24-25H,11-18,20-22H2,1-4H3,(H,42,48)(H,43,49)(H,50,51). The molecule has 1 fully saturated rings. The van der Waals surface area contributed by atoms with Crippen LogP contribution in [0.15, 0.2) is 42.5 Å². The Kier molecular flexibility index (Phi) is 9.80. The van der Waals surface area contributed by atoms with Crippen LogP contribution in [0.3, 0.4) is 0 Å². The van der Waals surface area contributed by atoms with Crippen molar-refractivity contribution in [1.29, 1.82) is 0 Å². The van der Waals surface area contributed by atoms with E-state index in [-0.39, 0.29) is 17.7 Å². The lowest BCUT2D eigenvalue weighted by Gasteiger charge is -2.33. The Bertz CT molecular complexity index is 2010. The van der Waals surface area contributed by atoms with E-state index >= 15 is 0 Å². The van der Waals surface area contributed by atoms with Gasteiger partial charge in [-0.05, 0) is 80.5 Å². The van der Waals surface area contributed by atoms with Gasteiger partial charge >= 0.3 is 5.97 Å². The molecule has 4 aromatic rings. The van der Waals surface area contributed by atoms with E-state index in [4.69, 9.17) is 11.6 Å². The second-order valence-corrected chi connectivity index (χ2v) is 14.9. The number of halogens is 1. The van der Waals surface area contributed by atoms with Crippen LogP contribution in [-0.4, -0.2) is 73.5 Å². The number of carboxylic acids is 1. The first-order valence-electron chi connectivity index (χ1n) is 17.8. The Morgan fingerprint density at radius 3 is 2.29 bits per heavy atom. The molecule has 0 atom stereocenters. The molecule has 2 amide bonds. The number of fused-ring (bicyclic) bond motifs is 2. The Morgan fingerprint density at radius 1 is 0.863 bits per heavy atom. The largest absolute Gasteiger partial charge is 0.481 e. The van der Waals surface area contributed by atoms with Crippen molar-refractivity contribution in [1.82, 2.24) is 23.9 Å². The number of imidazole rings is 1. The summed E-state index contributed by atoms with van der Waals surface area (Å²) in [5.41, 5.74) is 8.60. The van der Waals surface area contributed by atoms with E-state index in [1.54, 1.807) is 6.07 Å². The van der Waals surface area contributed by atoms with E-state index < -0.39 is 5.97 Å². The van der Waals surface area contributed by atoms with Crippen molar-refractivity contribution < 1.29 is 19.5 Å². The van der Waals surface area contributed by atoms with Crippen molar-refractivity contribution in [3.8, 4) is 11.1 Å². The zero-order valence-electron chi connectivity index (χ0n) is 29.8. The highest BCUT2D eigenvalue weighted by Gasteiger charge is 2.30. The van der Waals surface area contributed by atoms with Crippen LogP contribution in [0.2, 0.25) is 5.02 Å². The number of anilines is 2. The van der Waals surface area contributed by atoms with Crippen molar-refractivity contribution in [2.24, 2.45) is 25.9 Å². The third-order valence-electron chi connectivity index (χ3n) is 11.2. The minimum absolute atomic E-state index is 0.179. The summed E-state index contributed by atoms with van der Waals surface area (Å²) >= 11 is 6.96. The number of carbonyl (C=O) groups excluding carboxylic acids is 2. The molecule has 1 saturated carbocycles. The molecule has 3 N–H and O–H groups in total. The minimum atomic E-state index is -0.667. The Hall–Kier alpha value is -4.45. The predicted molar refractivity (Wildman–Crippen MR) is 198 cm³/mol. The molecule has 7 rings (SSSR count). The van der Waals surface area contributed by atoms with Crippen LogP contribution in [0.5, 0.6) is 0 Å². The van der Waals surface area contributed by atoms with E-state index in [9.17, 15) is 19.5 Å². The first-order chi connectivity index (χ1) is 24.5. The normalized spacial score (nSPS) is 19.3. The van der Waals surface area contributed by atoms with Gasteiger partial charge in [0.25, 0.3) is 11.8 Å². The molecular formula is C39H46ClN7O4. The summed E-state index contributed by atoms with van der Waals surface area (Å²) in [6, 6.07) is 13.3. The summed E-state index contributed by atoms with van der Waals surface area (Å²) in [7, 11) is 5.89. The molecule has 0 saturated heterocycles. The van der Waals surface area contributed by atoms with Crippen LogP contribution in [0.4, 0.5) is 11.4 Å². The maximum absolute atomic E-state index is 13.8. The monoisotopic (exact) mass is 711 g/mol. The number of amides is 2. The first-order valence-corrected chi connectivity index (χ1v) is 18.2. The fourth-order valence-electron chi connectivity index (χ4n) is 8.21. The van der Waals surface area contributed by atoms with E-state index in [0.717, 1.165) is 92.8 Å². The van der Waals surface area contributed by atoms with Crippen LogP contribution in [-0.2, 0) is 44.8 Å². The summed E-state index contributed by atoms with van der Waals surface area (Å²) in [6.45, 7) is 6.27. The molecular weight excluding hydrogens is 666 g/mol. The number of rotatable bonds is 8. The summed E-state index contributed by atoms with van der Waals surface area (Å²) < 4.78 is 3.89. The fraction of sp³-hybridized carbons (Fsp3) is 0.436. The van der Waals surface area contributed by atoms with Gasteiger partial charge < -0.3 is 29.8 Å². The topological polar surface area (TPSA) is 125 Å². The number of hydrogen-bond donors (Lipinski definition) is 3. The highest BCUT2D eigenvalue weighted by Crippen LogP contribution is 2.38. The van der Waals surface area contributed by atoms with E-state index in [0.29, 0.717) is 40.4 Å². The van der Waals surface area contributed by atoms with E-state index in [2.05, 4.69) is 25.4 Å². The Balaban J connectivity index is 1.04. The minimum Gasteiger partial charge on any atom is -0.481 e. The SMILES string of the molecule is Cc1c(NC(=O)c2cc3c(n2C)CCN(CC2CCC(C(=O)O)CC2)C3)cccc1-c1cccc(NC(=O)c2nc3c(n2C)CCN(C)C3)c1Cl. The van der Waals surface area contributed by atoms with Crippen molar-refractivity contribution in [3.63, 3.8) is 0 Å². The number of hydrogen-bond acceptors (Lipinski definition) is 6. The molecule has 0 unspecified atom stereocenters. The molecule has 51 heavy (non-hydrogen) atoms. The molecule has 0 bridgehead atoms. The zero-order chi connectivity index (χ0) is 36.0. The quantitative estimate of drug-likeness (QED) is 0.201. The van der Waals surface area contributed by atoms with Gasteiger partial charge in [0.05, 0.1) is 22.3 Å². The highest BCUT2D eigenvalue weighted by molar-refractivity contribution is 6.36. The maximum atomic E-state index is 13.8. The number of benzene rings is 2. The van der Waals surface area contributed by atoms with Gasteiger partial charge in [-0.25, -0.2) is 4.98 Å². The fourth-order valence-corrected chi connectivity index (χ4v) is 8.49. The van der Waals surface area contributed by atoms with Gasteiger partial charge in [-0.2, -0.15) is 0 Å². The van der Waals surface area contributed by atoms with Gasteiger partial charge in [0, 0.05) is 82.3 Å². The molecule has 0 spiro atoms. The maximum Gasteiger partial charge on any atom is 0.306 e. The van der Waals surface area contributed by atoms with Crippen LogP contribution in [0, 0.1) is 18.8 Å². The molecule has 268 valence electrons. The zero-order valence-corrected chi connectivity index (χ0v) is 30.5. The average Bonchev–Trinajstić information content (AvgIpc) is 3.62. The number of carboxylic acid groups (broad SMARTS) is 1. The molecule has 3 aliphatic rings. The lowest BCUT2D eigenvalue weighted by Crippen LogP contribution is -2.36. The summed E-state index contributed by atoms with van der Waals surface area (Å²) in [4.78, 5) is 47.8. The van der Waals surface area contributed by atoms with Gasteiger partial charge in [0.2, 0.25) is 0 Å². The van der Waals surface area contributed by atoms with Crippen LogP contribution in [0.25, 0.3) is 11.1 Å². The number of aromatic nitrogens is 3. The first kappa shape index (κ1) is 35.0. The van der Waals surface area contributed by atoms with Gasteiger partial charge in [0.15, 0.2) is 5.82 Å². The number of aliphatic carboxylic acids is 1. The van der Waals surface area contributed by atoms with Crippen molar-refractivity contribution >= 4 is 40.8 Å². The van der Waals surface area contributed by atoms with Gasteiger partial charge in [-0.1, -0.05) is 35.9 Å². The third kappa shape index (κ3) is 6.94. The van der Waals surface area contributed by atoms with Crippen molar-refractivity contribution in [2.75, 3.05) is 37.3 Å². The van der Waals surface area contributed by atoms with E-state index in [1.807, 2.05) is 73.6 Å². The number of nitrogens with one attached hydrogen (secondary N) is 2. The molecule has 2 aliphatic heterocycles. The number of likely N-dealkylation sites (N-methyl/N-ethyl adjacent to an activating group) is 1. The Morgan fingerprint density at radius 2 is 1.55 bits per heavy atom. The summed E-state index contributed by atoms with van der Waals surface area (Å²) in [5, 5.41) is 15.9. The lowest BCUT2D eigenvalue weighted by atomic mass is 9.81. The van der Waals surface area contributed by atoms with Gasteiger partial charge in [-0.3, -0.25) is 19.3 Å². The Labute approximate surface area is 303 Å². The van der Waals surface area contributed by atoms with E-state index in [1.165, 1.54) is 11.3 Å². The molecule has 4 heterocycles. The van der Waals surface area contributed by atoms with Crippen molar-refractivity contribution in [3.05, 3.63) is 87.2 Å². The van der Waals surface area contributed by atoms with Crippen LogP contribution in [0.1, 0.15) is 75.0 Å². The number of nitrogens with zero attached hydrogens (tertiary/aromatic N) is 5. The molecule has 2 aromatic carbocycles. The average molecular weight is 712 g/mol. The van der Waals surface area contributed by atoms with Gasteiger partial charge in [-0.15, -0.1) is 0 Å².